The Morgan fingerprint density at radius 1 is 1.08 bits per heavy atom. The fraction of sp³-hybridized carbons (Fsp3) is 0.125. The molecule has 0 saturated heterocycles. The minimum Gasteiger partial charge on any atom is -0.492 e. The van der Waals surface area contributed by atoms with Crippen LogP contribution in [0.4, 0.5) is 5.69 Å². The summed E-state index contributed by atoms with van der Waals surface area (Å²) < 4.78 is 6.38. The van der Waals surface area contributed by atoms with E-state index in [2.05, 4.69) is 15.9 Å². The molecular weight excluding hydrogens is 380 g/mol. The molecule has 1 aliphatic heterocycles. The van der Waals surface area contributed by atoms with Gasteiger partial charge in [-0.15, -0.1) is 0 Å². The van der Waals surface area contributed by atoms with E-state index in [4.69, 9.17) is 4.74 Å². The van der Waals surface area contributed by atoms with E-state index in [1.807, 2.05) is 6.07 Å². The predicted molar refractivity (Wildman–Crippen MR) is 88.1 cm³/mol. The first-order valence-corrected chi connectivity index (χ1v) is 7.79. The number of nitro benzene ring substituents is 1. The second-order valence-corrected chi connectivity index (χ2v) is 5.97. The molecule has 122 valence electrons. The van der Waals surface area contributed by atoms with E-state index in [1.54, 1.807) is 18.2 Å². The summed E-state index contributed by atoms with van der Waals surface area (Å²) in [5, 5.41) is 10.8. The molecule has 1 heterocycles. The average Bonchev–Trinajstić information content (AvgIpc) is 2.79. The summed E-state index contributed by atoms with van der Waals surface area (Å²) in [6, 6.07) is 10.8. The van der Waals surface area contributed by atoms with Gasteiger partial charge in [0.15, 0.2) is 0 Å². The first-order valence-electron chi connectivity index (χ1n) is 7.00. The van der Waals surface area contributed by atoms with Gasteiger partial charge in [-0.3, -0.25) is 24.6 Å². The molecule has 3 rings (SSSR count). The van der Waals surface area contributed by atoms with E-state index in [9.17, 15) is 19.7 Å². The van der Waals surface area contributed by atoms with Crippen molar-refractivity contribution in [3.63, 3.8) is 0 Å². The second-order valence-electron chi connectivity index (χ2n) is 5.05. The molecule has 0 bridgehead atoms. The number of halogens is 1. The predicted octanol–water partition coefficient (Wildman–Crippen LogP) is 3.03. The van der Waals surface area contributed by atoms with E-state index < -0.39 is 16.7 Å². The second kappa shape index (κ2) is 6.40. The number of amides is 2. The highest BCUT2D eigenvalue weighted by Crippen LogP contribution is 2.26. The van der Waals surface area contributed by atoms with Gasteiger partial charge in [0.1, 0.15) is 12.4 Å². The molecule has 0 N–H and O–H groups in total. The maximum Gasteiger partial charge on any atom is 0.270 e. The number of hydrogen-bond donors (Lipinski definition) is 0. The molecule has 2 aromatic carbocycles. The van der Waals surface area contributed by atoms with Crippen molar-refractivity contribution in [2.45, 2.75) is 0 Å². The first kappa shape index (κ1) is 16.1. The van der Waals surface area contributed by atoms with Gasteiger partial charge in [-0.2, -0.15) is 0 Å². The van der Waals surface area contributed by atoms with Crippen LogP contribution in [-0.4, -0.2) is 34.8 Å². The van der Waals surface area contributed by atoms with Gasteiger partial charge in [0.05, 0.1) is 22.6 Å². The van der Waals surface area contributed by atoms with E-state index in [0.717, 1.165) is 15.4 Å². The lowest BCUT2D eigenvalue weighted by Gasteiger charge is -2.14. The zero-order chi connectivity index (χ0) is 17.3. The lowest BCUT2D eigenvalue weighted by atomic mass is 10.1. The van der Waals surface area contributed by atoms with Crippen LogP contribution in [0, 0.1) is 10.1 Å². The molecule has 0 aliphatic carbocycles. The summed E-state index contributed by atoms with van der Waals surface area (Å²) in [4.78, 5) is 35.8. The van der Waals surface area contributed by atoms with E-state index in [1.165, 1.54) is 12.1 Å². The molecule has 7 nitrogen and oxygen atoms in total. The zero-order valence-electron chi connectivity index (χ0n) is 12.3. The SMILES string of the molecule is O=C1c2ccc([N+](=O)[O-])cc2C(=O)N1CCOc1cccc(Br)c1. The largest absolute Gasteiger partial charge is 0.492 e. The minimum absolute atomic E-state index is 0.0525. The Balaban J connectivity index is 1.70. The fourth-order valence-corrected chi connectivity index (χ4v) is 2.79. The lowest BCUT2D eigenvalue weighted by molar-refractivity contribution is -0.384. The van der Waals surface area contributed by atoms with Gasteiger partial charge in [0.25, 0.3) is 17.5 Å². The Hall–Kier alpha value is -2.74. The summed E-state index contributed by atoms with van der Waals surface area (Å²) in [7, 11) is 0. The molecule has 8 heteroatoms. The van der Waals surface area contributed by atoms with Gasteiger partial charge in [-0.1, -0.05) is 22.0 Å². The Morgan fingerprint density at radius 2 is 1.83 bits per heavy atom. The number of non-ortho nitro benzene ring substituents is 1. The summed E-state index contributed by atoms with van der Waals surface area (Å²) in [5.41, 5.74) is 0.00634. The summed E-state index contributed by atoms with van der Waals surface area (Å²) in [5.74, 6) is -0.407. The smallest absolute Gasteiger partial charge is 0.270 e. The Bertz CT molecular complexity index is 852. The Morgan fingerprint density at radius 3 is 2.54 bits per heavy atom. The van der Waals surface area contributed by atoms with Gasteiger partial charge in [0, 0.05) is 16.6 Å². The number of nitrogens with zero attached hydrogens (tertiary/aromatic N) is 2. The van der Waals surface area contributed by atoms with Crippen LogP contribution >= 0.6 is 15.9 Å². The third-order valence-corrected chi connectivity index (χ3v) is 4.04. The molecule has 0 unspecified atom stereocenters. The van der Waals surface area contributed by atoms with Crippen molar-refractivity contribution in [3.8, 4) is 5.75 Å². The monoisotopic (exact) mass is 390 g/mol. The summed E-state index contributed by atoms with van der Waals surface area (Å²) in [6.45, 7) is 0.191. The van der Waals surface area contributed by atoms with Crippen LogP contribution in [0.15, 0.2) is 46.9 Å². The number of carbonyl (C=O) groups is 2. The number of fused-ring (bicyclic) bond motifs is 1. The molecule has 1 aliphatic rings. The molecule has 2 amide bonds. The van der Waals surface area contributed by atoms with E-state index >= 15 is 0 Å². The Kier molecular flexibility index (Phi) is 4.30. The van der Waals surface area contributed by atoms with Crippen molar-refractivity contribution in [3.05, 3.63) is 68.2 Å². The van der Waals surface area contributed by atoms with Gasteiger partial charge >= 0.3 is 0 Å². The van der Waals surface area contributed by atoms with Crippen LogP contribution in [0.5, 0.6) is 5.75 Å². The number of hydrogen-bond acceptors (Lipinski definition) is 5. The van der Waals surface area contributed by atoms with Crippen molar-refractivity contribution in [2.75, 3.05) is 13.2 Å². The highest BCUT2D eigenvalue weighted by Gasteiger charge is 2.36. The van der Waals surface area contributed by atoms with Crippen LogP contribution in [-0.2, 0) is 0 Å². The van der Waals surface area contributed by atoms with Crippen molar-refractivity contribution in [2.24, 2.45) is 0 Å². The van der Waals surface area contributed by atoms with E-state index in [0.29, 0.717) is 5.75 Å². The minimum atomic E-state index is -0.600. The normalized spacial score (nSPS) is 13.1. The highest BCUT2D eigenvalue weighted by atomic mass is 79.9. The zero-order valence-corrected chi connectivity index (χ0v) is 13.9. The van der Waals surface area contributed by atoms with Gasteiger partial charge in [0.2, 0.25) is 0 Å². The molecular formula is C16H11BrN2O5. The Labute approximate surface area is 145 Å². The van der Waals surface area contributed by atoms with Crippen LogP contribution in [0.1, 0.15) is 20.7 Å². The van der Waals surface area contributed by atoms with E-state index in [-0.39, 0.29) is 30.0 Å². The molecule has 0 atom stereocenters. The van der Waals surface area contributed by atoms with Crippen molar-refractivity contribution < 1.29 is 19.2 Å². The summed E-state index contributed by atoms with van der Waals surface area (Å²) in [6.07, 6.45) is 0. The number of imide groups is 1. The van der Waals surface area contributed by atoms with Crippen molar-refractivity contribution >= 4 is 33.4 Å². The van der Waals surface area contributed by atoms with Crippen LogP contribution in [0.2, 0.25) is 0 Å². The quantitative estimate of drug-likeness (QED) is 0.444. The first-order chi connectivity index (χ1) is 11.5. The highest BCUT2D eigenvalue weighted by molar-refractivity contribution is 9.10. The third-order valence-electron chi connectivity index (χ3n) is 3.54. The fourth-order valence-electron chi connectivity index (χ4n) is 2.41. The molecule has 0 spiro atoms. The maximum absolute atomic E-state index is 12.3. The average molecular weight is 391 g/mol. The number of rotatable bonds is 5. The molecule has 0 radical (unpaired) electrons. The number of carbonyl (C=O) groups excluding carboxylic acids is 2. The number of nitro groups is 1. The molecule has 2 aromatic rings. The maximum atomic E-state index is 12.3. The third kappa shape index (κ3) is 3.00. The van der Waals surface area contributed by atoms with Crippen molar-refractivity contribution in [1.29, 1.82) is 0 Å². The number of benzene rings is 2. The van der Waals surface area contributed by atoms with Crippen LogP contribution in [0.3, 0.4) is 0 Å². The van der Waals surface area contributed by atoms with Gasteiger partial charge in [-0.05, 0) is 24.3 Å². The lowest BCUT2D eigenvalue weighted by Crippen LogP contribution is -2.33. The van der Waals surface area contributed by atoms with Crippen LogP contribution < -0.4 is 4.74 Å². The summed E-state index contributed by atoms with van der Waals surface area (Å²) >= 11 is 3.32. The van der Waals surface area contributed by atoms with Gasteiger partial charge < -0.3 is 4.74 Å². The molecule has 0 aromatic heterocycles. The molecule has 0 saturated carbocycles. The number of ether oxygens (including phenoxy) is 1. The van der Waals surface area contributed by atoms with Gasteiger partial charge in [-0.25, -0.2) is 0 Å². The standard InChI is InChI=1S/C16H11BrN2O5/c17-10-2-1-3-12(8-10)24-7-6-18-15(20)13-5-4-11(19(22)23)9-14(13)16(18)21/h1-5,8-9H,6-7H2. The van der Waals surface area contributed by atoms with Crippen LogP contribution in [0.25, 0.3) is 0 Å². The molecule has 0 fully saturated rings. The molecule has 24 heavy (non-hydrogen) atoms. The topological polar surface area (TPSA) is 89.8 Å². The van der Waals surface area contributed by atoms with Crippen molar-refractivity contribution in [1.82, 2.24) is 4.90 Å².